The summed E-state index contributed by atoms with van der Waals surface area (Å²) in [6.07, 6.45) is 4.37. The smallest absolute Gasteiger partial charge is 0.132 e. The summed E-state index contributed by atoms with van der Waals surface area (Å²) < 4.78 is 5.08. The van der Waals surface area contributed by atoms with E-state index in [0.29, 0.717) is 19.6 Å². The van der Waals surface area contributed by atoms with Crippen LogP contribution in [-0.4, -0.2) is 19.0 Å². The van der Waals surface area contributed by atoms with Crippen LogP contribution in [0.5, 0.6) is 0 Å². The van der Waals surface area contributed by atoms with E-state index in [-0.39, 0.29) is 5.78 Å². The van der Waals surface area contributed by atoms with Gasteiger partial charge in [0.1, 0.15) is 5.78 Å². The zero-order chi connectivity index (χ0) is 7.82. The van der Waals surface area contributed by atoms with E-state index in [1.165, 1.54) is 0 Å². The number of hydrogen-bond donors (Lipinski definition) is 0. The van der Waals surface area contributed by atoms with E-state index in [1.54, 1.807) is 6.92 Å². The van der Waals surface area contributed by atoms with Crippen LogP contribution in [0.3, 0.4) is 0 Å². The van der Waals surface area contributed by atoms with Gasteiger partial charge >= 0.3 is 0 Å². The van der Waals surface area contributed by atoms with Crippen LogP contribution in [-0.2, 0) is 9.53 Å². The second-order valence-corrected chi connectivity index (χ2v) is 2.10. The summed E-state index contributed by atoms with van der Waals surface area (Å²) in [4.78, 5) is 10.4. The standard InChI is InChI=1S/C8H14O2/c1-3-4-6-10-7-5-8(2)9/h3-4H,5-7H2,1-2H3/b4-3+. The molecular formula is C8H14O2. The van der Waals surface area contributed by atoms with Crippen molar-refractivity contribution < 1.29 is 9.53 Å². The summed E-state index contributed by atoms with van der Waals surface area (Å²) in [7, 11) is 0. The molecule has 0 rings (SSSR count). The van der Waals surface area contributed by atoms with Crippen LogP contribution in [0, 0.1) is 0 Å². The molecule has 10 heavy (non-hydrogen) atoms. The first-order valence-corrected chi connectivity index (χ1v) is 3.45. The fourth-order valence-corrected chi connectivity index (χ4v) is 0.463. The van der Waals surface area contributed by atoms with Gasteiger partial charge in [-0.15, -0.1) is 0 Å². The van der Waals surface area contributed by atoms with Crippen molar-refractivity contribution in [3.63, 3.8) is 0 Å². The van der Waals surface area contributed by atoms with Crippen molar-refractivity contribution in [2.24, 2.45) is 0 Å². The zero-order valence-electron chi connectivity index (χ0n) is 6.59. The molecule has 58 valence electrons. The van der Waals surface area contributed by atoms with Crippen molar-refractivity contribution in [2.75, 3.05) is 13.2 Å². The molecule has 0 spiro atoms. The summed E-state index contributed by atoms with van der Waals surface area (Å²) in [6.45, 7) is 4.66. The highest BCUT2D eigenvalue weighted by Crippen LogP contribution is 1.84. The summed E-state index contributed by atoms with van der Waals surface area (Å²) in [5.74, 6) is 0.181. The van der Waals surface area contributed by atoms with Crippen LogP contribution in [0.2, 0.25) is 0 Å². The van der Waals surface area contributed by atoms with Gasteiger partial charge in [0.05, 0.1) is 13.2 Å². The van der Waals surface area contributed by atoms with Crippen molar-refractivity contribution >= 4 is 5.78 Å². The van der Waals surface area contributed by atoms with Gasteiger partial charge in [0.2, 0.25) is 0 Å². The van der Waals surface area contributed by atoms with Gasteiger partial charge in [0.15, 0.2) is 0 Å². The van der Waals surface area contributed by atoms with E-state index < -0.39 is 0 Å². The maximum Gasteiger partial charge on any atom is 0.132 e. The van der Waals surface area contributed by atoms with Gasteiger partial charge in [-0.1, -0.05) is 12.2 Å². The third kappa shape index (κ3) is 7.37. The lowest BCUT2D eigenvalue weighted by Crippen LogP contribution is -1.99. The number of rotatable bonds is 5. The summed E-state index contributed by atoms with van der Waals surface area (Å²) in [5.41, 5.74) is 0. The summed E-state index contributed by atoms with van der Waals surface area (Å²) in [5, 5.41) is 0. The molecule has 0 amide bonds. The molecule has 0 fully saturated rings. The molecule has 0 saturated carbocycles. The Morgan fingerprint density at radius 2 is 2.30 bits per heavy atom. The van der Waals surface area contributed by atoms with Crippen LogP contribution >= 0.6 is 0 Å². The quantitative estimate of drug-likeness (QED) is 0.430. The predicted octanol–water partition coefficient (Wildman–Crippen LogP) is 1.56. The third-order valence-corrected chi connectivity index (χ3v) is 1.05. The maximum absolute atomic E-state index is 10.4. The van der Waals surface area contributed by atoms with Gasteiger partial charge in [-0.2, -0.15) is 0 Å². The molecule has 0 aliphatic rings. The Hall–Kier alpha value is -0.630. The first-order chi connectivity index (χ1) is 4.77. The molecular weight excluding hydrogens is 128 g/mol. The molecule has 0 aromatic heterocycles. The van der Waals surface area contributed by atoms with E-state index in [1.807, 2.05) is 19.1 Å². The van der Waals surface area contributed by atoms with E-state index in [4.69, 9.17) is 4.74 Å². The number of Topliss-reactive ketones (excluding diaryl/α,β-unsaturated/α-hetero) is 1. The lowest BCUT2D eigenvalue weighted by atomic mass is 10.3. The molecule has 0 atom stereocenters. The second kappa shape index (κ2) is 6.49. The monoisotopic (exact) mass is 142 g/mol. The first kappa shape index (κ1) is 9.37. The van der Waals surface area contributed by atoms with Crippen LogP contribution in [0.4, 0.5) is 0 Å². The zero-order valence-corrected chi connectivity index (χ0v) is 6.59. The molecule has 0 heterocycles. The Morgan fingerprint density at radius 1 is 1.60 bits per heavy atom. The van der Waals surface area contributed by atoms with E-state index >= 15 is 0 Å². The lowest BCUT2D eigenvalue weighted by Gasteiger charge is -1.96. The molecule has 0 N–H and O–H groups in total. The number of ketones is 1. The normalized spacial score (nSPS) is 10.6. The Bertz CT molecular complexity index is 116. The Balaban J connectivity index is 2.98. The minimum atomic E-state index is 0.181. The minimum Gasteiger partial charge on any atom is -0.377 e. The average molecular weight is 142 g/mol. The molecule has 2 heteroatoms. The highest BCUT2D eigenvalue weighted by atomic mass is 16.5. The molecule has 0 bridgehead atoms. The Kier molecular flexibility index (Phi) is 6.08. The van der Waals surface area contributed by atoms with Gasteiger partial charge in [-0.25, -0.2) is 0 Å². The fourth-order valence-electron chi connectivity index (χ4n) is 0.463. The van der Waals surface area contributed by atoms with Gasteiger partial charge in [0, 0.05) is 6.42 Å². The van der Waals surface area contributed by atoms with Crippen molar-refractivity contribution in [1.82, 2.24) is 0 Å². The van der Waals surface area contributed by atoms with E-state index in [0.717, 1.165) is 0 Å². The van der Waals surface area contributed by atoms with Gasteiger partial charge < -0.3 is 4.74 Å². The molecule has 0 saturated heterocycles. The van der Waals surface area contributed by atoms with Gasteiger partial charge in [-0.3, -0.25) is 4.79 Å². The van der Waals surface area contributed by atoms with Crippen molar-refractivity contribution in [2.45, 2.75) is 20.3 Å². The minimum absolute atomic E-state index is 0.181. The Labute approximate surface area is 61.9 Å². The van der Waals surface area contributed by atoms with Crippen LogP contribution < -0.4 is 0 Å². The second-order valence-electron chi connectivity index (χ2n) is 2.10. The number of carbonyl (C=O) groups excluding carboxylic acids is 1. The molecule has 0 aromatic carbocycles. The number of carbonyl (C=O) groups is 1. The van der Waals surface area contributed by atoms with Gasteiger partial charge in [0.25, 0.3) is 0 Å². The van der Waals surface area contributed by atoms with Crippen molar-refractivity contribution in [3.8, 4) is 0 Å². The molecule has 0 radical (unpaired) electrons. The highest BCUT2D eigenvalue weighted by molar-refractivity contribution is 5.75. The maximum atomic E-state index is 10.4. The number of ether oxygens (including phenoxy) is 1. The first-order valence-electron chi connectivity index (χ1n) is 3.45. The van der Waals surface area contributed by atoms with E-state index in [9.17, 15) is 4.79 Å². The van der Waals surface area contributed by atoms with Crippen molar-refractivity contribution in [3.05, 3.63) is 12.2 Å². The number of allylic oxidation sites excluding steroid dienone is 1. The van der Waals surface area contributed by atoms with Crippen LogP contribution in [0.1, 0.15) is 20.3 Å². The summed E-state index contributed by atoms with van der Waals surface area (Å²) >= 11 is 0. The van der Waals surface area contributed by atoms with Crippen molar-refractivity contribution in [1.29, 1.82) is 0 Å². The average Bonchev–Trinajstić information content (AvgIpc) is 1.87. The molecule has 0 unspecified atom stereocenters. The van der Waals surface area contributed by atoms with Gasteiger partial charge in [-0.05, 0) is 13.8 Å². The third-order valence-electron chi connectivity index (χ3n) is 1.05. The lowest BCUT2D eigenvalue weighted by molar-refractivity contribution is -0.117. The number of hydrogen-bond acceptors (Lipinski definition) is 2. The van der Waals surface area contributed by atoms with Crippen LogP contribution in [0.15, 0.2) is 12.2 Å². The van der Waals surface area contributed by atoms with Crippen LogP contribution in [0.25, 0.3) is 0 Å². The predicted molar refractivity (Wildman–Crippen MR) is 40.9 cm³/mol. The molecule has 0 aliphatic heterocycles. The summed E-state index contributed by atoms with van der Waals surface area (Å²) in [6, 6.07) is 0. The largest absolute Gasteiger partial charge is 0.377 e. The fraction of sp³-hybridized carbons (Fsp3) is 0.625. The Morgan fingerprint density at radius 3 is 2.80 bits per heavy atom. The topological polar surface area (TPSA) is 26.3 Å². The molecule has 0 aromatic rings. The molecule has 2 nitrogen and oxygen atoms in total. The molecule has 0 aliphatic carbocycles. The highest BCUT2D eigenvalue weighted by Gasteiger charge is 1.90. The van der Waals surface area contributed by atoms with E-state index in [2.05, 4.69) is 0 Å². The SMILES string of the molecule is C/C=C/COCCC(C)=O.